The number of aryl methyl sites for hydroxylation is 6. The topological polar surface area (TPSA) is 172 Å². The molecule has 2 aromatic heterocycles. The maximum absolute atomic E-state index is 15.9. The zero-order valence-electron chi connectivity index (χ0n) is 53.3. The number of nitrogens with zero attached hydrogens (tertiary/aromatic N) is 4. The summed E-state index contributed by atoms with van der Waals surface area (Å²) < 4.78 is 95.3. The number of likely N-dealkylation sites (tertiary alicyclic amines) is 2. The number of nitrogens with one attached hydrogen (secondary N) is 2. The van der Waals surface area contributed by atoms with Crippen LogP contribution in [0.4, 0.5) is 26.3 Å². The van der Waals surface area contributed by atoms with Gasteiger partial charge in [-0.3, -0.25) is 38.6 Å². The molecule has 3 N–H and O–H groups in total. The van der Waals surface area contributed by atoms with E-state index in [9.17, 15) is 51.4 Å². The van der Waals surface area contributed by atoms with Gasteiger partial charge in [-0.2, -0.15) is 0 Å². The Morgan fingerprint density at radius 3 is 1.27 bits per heavy atom. The number of pyridine rings is 2. The quantitative estimate of drug-likeness (QED) is 0.0370. The highest BCUT2D eigenvalue weighted by atomic mass is 19.2. The molecule has 2 aliphatic rings. The standard InChI is InChI=1S/C36H44F3N3O4.C34H40F3N3O4/c1-7-46-32(43)17-30(28-16-26(14-24(6)34(28)39)33-22(4)9-8-10-23(33)5)40-35(44)31(13-21(2)3)42-18-25(15-29(38)36(42)45)11-12-41-19-27(37)20-41;1-19(2)11-29(40-16-23(13-27(36)34(40)44)9-10-39-17-25(35)18-39)33(43)38-28(15-30(41)42)26-14-24(12-22(5)32(26)37)31-20(3)7-6-8-21(31)4/h8-10,14-16,18,21,27,30-31H,7,11-13,17,19-20H2,1-6H3,(H,40,44);6-8,12-14,16,19,25,28-29H,9-11,15,17-18H2,1-5H3,(H,38,43)(H,41,42)/t30-,31?;28-,29?/m00/s1. The van der Waals surface area contributed by atoms with Crippen LogP contribution in [0.25, 0.3) is 22.3 Å². The Kier molecular flexibility index (Phi) is 23.8. The van der Waals surface area contributed by atoms with Crippen molar-refractivity contribution in [3.8, 4) is 22.3 Å². The van der Waals surface area contributed by atoms with E-state index in [0.29, 0.717) is 74.4 Å². The molecule has 4 atom stereocenters. The van der Waals surface area contributed by atoms with E-state index < -0.39 is 101 Å². The Hall–Kier alpha value is -7.84. The number of hydrogen-bond acceptors (Lipinski definition) is 9. The maximum Gasteiger partial charge on any atom is 0.308 e. The predicted molar refractivity (Wildman–Crippen MR) is 336 cm³/mol. The van der Waals surface area contributed by atoms with Crippen molar-refractivity contribution < 1.29 is 55.4 Å². The van der Waals surface area contributed by atoms with Crippen molar-refractivity contribution in [2.45, 2.75) is 151 Å². The first-order valence-electron chi connectivity index (χ1n) is 30.8. The van der Waals surface area contributed by atoms with Gasteiger partial charge in [0.05, 0.1) is 31.5 Å². The third kappa shape index (κ3) is 17.6. The lowest BCUT2D eigenvalue weighted by Gasteiger charge is -2.34. The average molecular weight is 1250 g/mol. The molecule has 2 amide bonds. The number of carboxylic acid groups (broad SMARTS) is 1. The summed E-state index contributed by atoms with van der Waals surface area (Å²) in [5, 5.41) is 15.3. The van der Waals surface area contributed by atoms with Crippen LogP contribution in [0.2, 0.25) is 0 Å². The third-order valence-electron chi connectivity index (χ3n) is 16.6. The number of esters is 1. The lowest BCUT2D eigenvalue weighted by atomic mass is 9.90. The lowest BCUT2D eigenvalue weighted by Crippen LogP contribution is -2.49. The van der Waals surface area contributed by atoms with E-state index in [1.807, 2.05) is 102 Å². The van der Waals surface area contributed by atoms with Crippen LogP contribution in [0.15, 0.2) is 94.8 Å². The van der Waals surface area contributed by atoms with Crippen LogP contribution >= 0.6 is 0 Å². The molecule has 0 radical (unpaired) electrons. The van der Waals surface area contributed by atoms with Crippen molar-refractivity contribution in [3.63, 3.8) is 0 Å². The summed E-state index contributed by atoms with van der Waals surface area (Å²) in [5.74, 6) is -6.68. The molecule has 2 saturated heterocycles. The Balaban J connectivity index is 0.000000256. The van der Waals surface area contributed by atoms with Crippen LogP contribution in [-0.2, 0) is 36.8 Å². The zero-order valence-corrected chi connectivity index (χ0v) is 53.3. The Bertz CT molecular complexity index is 3670. The molecule has 0 saturated carbocycles. The SMILES string of the molecule is CCOC(=O)C[C@H](NC(=O)C(CC(C)C)n1cc(CCN2CC(F)C2)cc(F)c1=O)c1cc(-c2c(C)cccc2C)cc(C)c1F.Cc1cc(-c2c(C)cccc2C)cc([C@H](CC(=O)O)NC(=O)C(CC(C)C)n2cc(CCN3CC(F)C3)cc(F)c2=O)c1F. The first-order chi connectivity index (χ1) is 42.5. The van der Waals surface area contributed by atoms with Gasteiger partial charge in [0.1, 0.15) is 36.1 Å². The molecule has 6 aromatic rings. The van der Waals surface area contributed by atoms with E-state index in [0.717, 1.165) is 60.2 Å². The summed E-state index contributed by atoms with van der Waals surface area (Å²) in [6, 6.07) is 15.8. The van der Waals surface area contributed by atoms with Crippen LogP contribution in [0, 0.1) is 76.6 Å². The number of amides is 2. The van der Waals surface area contributed by atoms with Crippen molar-refractivity contribution in [2.75, 3.05) is 45.9 Å². The highest BCUT2D eigenvalue weighted by Gasteiger charge is 2.34. The second-order valence-corrected chi connectivity index (χ2v) is 25.0. The number of carbonyl (C=O) groups is 4. The number of carboxylic acids is 1. The third-order valence-corrected chi connectivity index (χ3v) is 16.6. The van der Waals surface area contributed by atoms with Crippen LogP contribution < -0.4 is 21.8 Å². The summed E-state index contributed by atoms with van der Waals surface area (Å²) in [4.78, 5) is 82.5. The second kappa shape index (κ2) is 30.8. The normalized spacial score (nSPS) is 15.1. The number of rotatable bonds is 25. The monoisotopic (exact) mass is 1250 g/mol. The van der Waals surface area contributed by atoms with Gasteiger partial charge in [-0.25, -0.2) is 26.3 Å². The summed E-state index contributed by atoms with van der Waals surface area (Å²) >= 11 is 0. The number of aliphatic carboxylic acids is 1. The minimum atomic E-state index is -1.26. The van der Waals surface area contributed by atoms with Gasteiger partial charge in [-0.05, 0) is 189 Å². The van der Waals surface area contributed by atoms with E-state index in [1.165, 1.54) is 12.4 Å². The molecule has 20 heteroatoms. The fourth-order valence-electron chi connectivity index (χ4n) is 12.0. The number of hydrogen-bond donors (Lipinski definition) is 3. The molecule has 90 heavy (non-hydrogen) atoms. The molecule has 0 bridgehead atoms. The average Bonchev–Trinajstić information content (AvgIpc) is 0.867. The molecule has 2 fully saturated rings. The summed E-state index contributed by atoms with van der Waals surface area (Å²) in [6.07, 6.45) is 1.22. The molecular weight excluding hydrogens is 1170 g/mol. The molecule has 0 spiro atoms. The van der Waals surface area contributed by atoms with Gasteiger partial charge < -0.3 is 29.6 Å². The Morgan fingerprint density at radius 1 is 0.567 bits per heavy atom. The first kappa shape index (κ1) is 69.6. The van der Waals surface area contributed by atoms with E-state index in [4.69, 9.17) is 4.74 Å². The molecule has 2 unspecified atom stereocenters. The highest BCUT2D eigenvalue weighted by molar-refractivity contribution is 5.83. The fourth-order valence-corrected chi connectivity index (χ4v) is 12.0. The minimum Gasteiger partial charge on any atom is -0.481 e. The number of aromatic nitrogens is 2. The number of ether oxygens (including phenoxy) is 1. The maximum atomic E-state index is 15.9. The van der Waals surface area contributed by atoms with Crippen molar-refractivity contribution in [1.29, 1.82) is 0 Å². The highest BCUT2D eigenvalue weighted by Crippen LogP contribution is 2.36. The molecule has 14 nitrogen and oxygen atoms in total. The van der Waals surface area contributed by atoms with Gasteiger partial charge in [-0.1, -0.05) is 64.1 Å². The van der Waals surface area contributed by atoms with Crippen molar-refractivity contribution >= 4 is 23.8 Å². The summed E-state index contributed by atoms with van der Waals surface area (Å²) in [5.41, 5.74) is 6.86. The molecule has 4 heterocycles. The smallest absolute Gasteiger partial charge is 0.308 e. The molecule has 2 aliphatic heterocycles. The van der Waals surface area contributed by atoms with Crippen LogP contribution in [0.5, 0.6) is 0 Å². The Morgan fingerprint density at radius 2 is 0.933 bits per heavy atom. The predicted octanol–water partition coefficient (Wildman–Crippen LogP) is 12.1. The number of carbonyl (C=O) groups excluding carboxylic acids is 3. The van der Waals surface area contributed by atoms with E-state index in [-0.39, 0.29) is 54.4 Å². The molecule has 8 rings (SSSR count). The van der Waals surface area contributed by atoms with Crippen LogP contribution in [0.3, 0.4) is 0 Å². The number of halogens is 6. The molecular formula is C70H84F6N6O8. The van der Waals surface area contributed by atoms with Gasteiger partial charge in [0.25, 0.3) is 11.1 Å². The minimum absolute atomic E-state index is 0.00898. The number of benzene rings is 4. The molecule has 4 aromatic carbocycles. The van der Waals surface area contributed by atoms with Crippen molar-refractivity contribution in [2.24, 2.45) is 11.8 Å². The van der Waals surface area contributed by atoms with Gasteiger partial charge in [0.2, 0.25) is 11.8 Å². The molecule has 484 valence electrons. The van der Waals surface area contributed by atoms with E-state index >= 15 is 8.78 Å². The Labute approximate surface area is 522 Å². The molecule has 0 aliphatic carbocycles. The fraction of sp³-hybridized carbons (Fsp3) is 0.457. The van der Waals surface area contributed by atoms with Crippen LogP contribution in [-0.4, -0.2) is 106 Å². The zero-order chi connectivity index (χ0) is 66.0. The van der Waals surface area contributed by atoms with Gasteiger partial charge in [0.15, 0.2) is 11.6 Å². The van der Waals surface area contributed by atoms with E-state index in [1.54, 1.807) is 45.0 Å². The van der Waals surface area contributed by atoms with Gasteiger partial charge in [-0.15, -0.1) is 0 Å². The second-order valence-electron chi connectivity index (χ2n) is 25.0. The van der Waals surface area contributed by atoms with Gasteiger partial charge in [0, 0.05) is 62.8 Å². The van der Waals surface area contributed by atoms with Crippen molar-refractivity contribution in [3.05, 3.63) is 185 Å². The van der Waals surface area contributed by atoms with Crippen molar-refractivity contribution in [1.82, 2.24) is 29.6 Å². The van der Waals surface area contributed by atoms with E-state index in [2.05, 4.69) is 10.6 Å². The summed E-state index contributed by atoms with van der Waals surface area (Å²) in [6.45, 7) is 22.3. The van der Waals surface area contributed by atoms with Crippen LogP contribution in [0.1, 0.15) is 140 Å². The number of alkyl halides is 2. The largest absolute Gasteiger partial charge is 0.481 e. The van der Waals surface area contributed by atoms with Gasteiger partial charge >= 0.3 is 11.9 Å². The lowest BCUT2D eigenvalue weighted by molar-refractivity contribution is -0.144. The summed E-state index contributed by atoms with van der Waals surface area (Å²) in [7, 11) is 0. The first-order valence-corrected chi connectivity index (χ1v) is 30.8.